The summed E-state index contributed by atoms with van der Waals surface area (Å²) in [5.74, 6) is 2.21. The third-order valence-electron chi connectivity index (χ3n) is 4.94. The predicted molar refractivity (Wildman–Crippen MR) is 102 cm³/mol. The number of aryl methyl sites for hydroxylation is 2. The van der Waals surface area contributed by atoms with Crippen LogP contribution in [0.4, 0.5) is 0 Å². The van der Waals surface area contributed by atoms with Gasteiger partial charge in [0.05, 0.1) is 31.3 Å². The molecule has 2 atom stereocenters. The molecule has 4 rings (SSSR count). The number of nitrogens with zero attached hydrogens (tertiary/aromatic N) is 4. The van der Waals surface area contributed by atoms with Gasteiger partial charge in [-0.05, 0) is 44.5 Å². The van der Waals surface area contributed by atoms with Crippen LogP contribution in [0.3, 0.4) is 0 Å². The van der Waals surface area contributed by atoms with Crippen molar-refractivity contribution in [3.05, 3.63) is 59.9 Å². The number of aromatic nitrogens is 4. The van der Waals surface area contributed by atoms with E-state index in [1.54, 1.807) is 25.7 Å². The second-order valence-corrected chi connectivity index (χ2v) is 6.83. The van der Waals surface area contributed by atoms with E-state index in [-0.39, 0.29) is 0 Å². The zero-order valence-electron chi connectivity index (χ0n) is 15.7. The minimum Gasteiger partial charge on any atom is -0.495 e. The molecule has 6 heteroatoms. The molecule has 3 aromatic heterocycles. The summed E-state index contributed by atoms with van der Waals surface area (Å²) < 4.78 is 11.3. The van der Waals surface area contributed by atoms with Crippen LogP contribution >= 0.6 is 0 Å². The maximum Gasteiger partial charge on any atom is 0.240 e. The van der Waals surface area contributed by atoms with Crippen molar-refractivity contribution in [3.63, 3.8) is 0 Å². The number of ether oxygens (including phenoxy) is 2. The second-order valence-electron chi connectivity index (χ2n) is 6.83. The lowest BCUT2D eigenvalue weighted by atomic mass is 10.2. The fourth-order valence-electron chi connectivity index (χ4n) is 3.09. The standard InChI is InChI=1S/C21H22N4O2/c1-13-14(2)25-21(20(24-13)15-5-4-8-22-10-15)27-12-16-9-18(16)19-7-6-17(26-3)11-23-19/h4-8,10-11,16,18H,9,12H2,1-3H3/t16-,18+/m1/s1. The summed E-state index contributed by atoms with van der Waals surface area (Å²) in [6, 6.07) is 7.84. The van der Waals surface area contributed by atoms with Crippen molar-refractivity contribution >= 4 is 0 Å². The molecule has 3 aromatic rings. The molecular weight excluding hydrogens is 340 g/mol. The van der Waals surface area contributed by atoms with Crippen molar-refractivity contribution in [2.24, 2.45) is 5.92 Å². The predicted octanol–water partition coefficient (Wildman–Crippen LogP) is 3.74. The highest BCUT2D eigenvalue weighted by molar-refractivity contribution is 5.63. The van der Waals surface area contributed by atoms with Gasteiger partial charge in [-0.25, -0.2) is 9.97 Å². The molecule has 1 aliphatic carbocycles. The minimum atomic E-state index is 0.428. The van der Waals surface area contributed by atoms with Crippen molar-refractivity contribution in [1.82, 2.24) is 19.9 Å². The van der Waals surface area contributed by atoms with Gasteiger partial charge in [0.15, 0.2) is 0 Å². The maximum absolute atomic E-state index is 6.09. The highest BCUT2D eigenvalue weighted by Gasteiger charge is 2.40. The first kappa shape index (κ1) is 17.4. The Bertz CT molecular complexity index is 929. The quantitative estimate of drug-likeness (QED) is 0.665. The van der Waals surface area contributed by atoms with Crippen LogP contribution in [0.1, 0.15) is 29.4 Å². The largest absolute Gasteiger partial charge is 0.495 e. The zero-order valence-corrected chi connectivity index (χ0v) is 15.7. The number of rotatable bonds is 6. The average Bonchev–Trinajstić information content (AvgIpc) is 3.49. The Kier molecular flexibility index (Phi) is 4.71. The van der Waals surface area contributed by atoms with Crippen molar-refractivity contribution in [3.8, 4) is 22.9 Å². The second kappa shape index (κ2) is 7.31. The molecule has 0 saturated heterocycles. The lowest BCUT2D eigenvalue weighted by Crippen LogP contribution is -2.07. The molecule has 0 bridgehead atoms. The van der Waals surface area contributed by atoms with E-state index in [1.165, 1.54) is 0 Å². The molecule has 1 aliphatic rings. The van der Waals surface area contributed by atoms with Gasteiger partial charge in [-0.15, -0.1) is 0 Å². The van der Waals surface area contributed by atoms with Crippen molar-refractivity contribution in [2.45, 2.75) is 26.2 Å². The lowest BCUT2D eigenvalue weighted by molar-refractivity contribution is 0.285. The molecule has 0 aromatic carbocycles. The Labute approximate surface area is 158 Å². The average molecular weight is 362 g/mol. The summed E-state index contributed by atoms with van der Waals surface area (Å²) in [5, 5.41) is 0. The summed E-state index contributed by atoms with van der Waals surface area (Å²) in [5.41, 5.74) is 4.51. The highest BCUT2D eigenvalue weighted by atomic mass is 16.5. The first-order chi connectivity index (χ1) is 13.2. The van der Waals surface area contributed by atoms with Crippen LogP contribution in [0.15, 0.2) is 42.9 Å². The molecule has 1 fully saturated rings. The van der Waals surface area contributed by atoms with Gasteiger partial charge in [0.2, 0.25) is 5.88 Å². The third kappa shape index (κ3) is 3.74. The molecule has 0 radical (unpaired) electrons. The van der Waals surface area contributed by atoms with Gasteiger partial charge in [0.1, 0.15) is 11.4 Å². The molecule has 6 nitrogen and oxygen atoms in total. The molecule has 138 valence electrons. The van der Waals surface area contributed by atoms with E-state index in [4.69, 9.17) is 9.47 Å². The Balaban J connectivity index is 1.48. The molecule has 0 N–H and O–H groups in total. The fourth-order valence-corrected chi connectivity index (χ4v) is 3.09. The van der Waals surface area contributed by atoms with Gasteiger partial charge in [0.25, 0.3) is 0 Å². The monoisotopic (exact) mass is 362 g/mol. The molecule has 0 aliphatic heterocycles. The van der Waals surface area contributed by atoms with Crippen LogP contribution in [0, 0.1) is 19.8 Å². The summed E-state index contributed by atoms with van der Waals surface area (Å²) >= 11 is 0. The normalized spacial score (nSPS) is 18.2. The summed E-state index contributed by atoms with van der Waals surface area (Å²) in [6.07, 6.45) is 6.36. The Morgan fingerprint density at radius 3 is 2.63 bits per heavy atom. The summed E-state index contributed by atoms with van der Waals surface area (Å²) in [6.45, 7) is 4.50. The highest BCUT2D eigenvalue weighted by Crippen LogP contribution is 2.47. The van der Waals surface area contributed by atoms with E-state index >= 15 is 0 Å². The lowest BCUT2D eigenvalue weighted by Gasteiger charge is -2.12. The zero-order chi connectivity index (χ0) is 18.8. The Morgan fingerprint density at radius 1 is 1.07 bits per heavy atom. The van der Waals surface area contributed by atoms with Crippen LogP contribution in [-0.4, -0.2) is 33.7 Å². The molecule has 0 amide bonds. The van der Waals surface area contributed by atoms with Gasteiger partial charge < -0.3 is 9.47 Å². The fraction of sp³-hybridized carbons (Fsp3) is 0.333. The number of pyridine rings is 2. The first-order valence-electron chi connectivity index (χ1n) is 9.04. The molecule has 0 spiro atoms. The summed E-state index contributed by atoms with van der Waals surface area (Å²) in [4.78, 5) is 18.0. The molecule has 0 unspecified atom stereocenters. The topological polar surface area (TPSA) is 70.0 Å². The van der Waals surface area contributed by atoms with Crippen molar-refractivity contribution in [1.29, 1.82) is 0 Å². The molecule has 1 saturated carbocycles. The van der Waals surface area contributed by atoms with Crippen LogP contribution < -0.4 is 9.47 Å². The van der Waals surface area contributed by atoms with E-state index in [1.807, 2.05) is 38.1 Å². The van der Waals surface area contributed by atoms with E-state index in [0.29, 0.717) is 24.3 Å². The van der Waals surface area contributed by atoms with Gasteiger partial charge in [-0.3, -0.25) is 9.97 Å². The number of hydrogen-bond donors (Lipinski definition) is 0. The third-order valence-corrected chi connectivity index (χ3v) is 4.94. The minimum absolute atomic E-state index is 0.428. The maximum atomic E-state index is 6.09. The van der Waals surface area contributed by atoms with Gasteiger partial charge in [-0.2, -0.15) is 0 Å². The van der Waals surface area contributed by atoms with Crippen LogP contribution in [-0.2, 0) is 0 Å². The van der Waals surface area contributed by atoms with E-state index in [0.717, 1.165) is 40.5 Å². The van der Waals surface area contributed by atoms with Crippen LogP contribution in [0.25, 0.3) is 11.3 Å². The molecule has 27 heavy (non-hydrogen) atoms. The van der Waals surface area contributed by atoms with Crippen molar-refractivity contribution in [2.75, 3.05) is 13.7 Å². The SMILES string of the molecule is COc1ccc([C@H]2C[C@@H]2COc2nc(C)c(C)nc2-c2cccnc2)nc1. The van der Waals surface area contributed by atoms with Crippen LogP contribution in [0.2, 0.25) is 0 Å². The number of methoxy groups -OCH3 is 1. The number of hydrogen-bond acceptors (Lipinski definition) is 6. The van der Waals surface area contributed by atoms with Crippen LogP contribution in [0.5, 0.6) is 11.6 Å². The van der Waals surface area contributed by atoms with E-state index < -0.39 is 0 Å². The van der Waals surface area contributed by atoms with E-state index in [2.05, 4.69) is 19.9 Å². The van der Waals surface area contributed by atoms with Gasteiger partial charge in [-0.1, -0.05) is 0 Å². The van der Waals surface area contributed by atoms with Gasteiger partial charge >= 0.3 is 0 Å². The van der Waals surface area contributed by atoms with E-state index in [9.17, 15) is 0 Å². The summed E-state index contributed by atoms with van der Waals surface area (Å²) in [7, 11) is 1.65. The molecule has 3 heterocycles. The Hall–Kier alpha value is -3.02. The Morgan fingerprint density at radius 2 is 1.93 bits per heavy atom. The van der Waals surface area contributed by atoms with Crippen molar-refractivity contribution < 1.29 is 9.47 Å². The van der Waals surface area contributed by atoms with Gasteiger partial charge in [0, 0.05) is 35.5 Å². The smallest absolute Gasteiger partial charge is 0.240 e. The first-order valence-corrected chi connectivity index (χ1v) is 9.04. The molecular formula is C21H22N4O2.